The Morgan fingerprint density at radius 1 is 1.47 bits per heavy atom. The monoisotopic (exact) mass is 259 g/mol. The molecular formula is C13H25NO2S. The van der Waals surface area contributed by atoms with E-state index < -0.39 is 11.5 Å². The fourth-order valence-corrected chi connectivity index (χ4v) is 3.83. The van der Waals surface area contributed by atoms with Gasteiger partial charge in [-0.3, -0.25) is 4.79 Å². The minimum Gasteiger partial charge on any atom is -0.480 e. The molecule has 0 amide bonds. The molecule has 0 saturated heterocycles. The SMILES string of the molecule is CCC(CCCSC1CCCC1)(NC)C(=O)O. The number of hydrogen-bond acceptors (Lipinski definition) is 3. The number of carboxylic acid groups (broad SMARTS) is 1. The fourth-order valence-electron chi connectivity index (χ4n) is 2.52. The third-order valence-corrected chi connectivity index (χ3v) is 5.36. The second-order valence-electron chi connectivity index (χ2n) is 4.87. The van der Waals surface area contributed by atoms with E-state index in [0.717, 1.165) is 23.8 Å². The highest BCUT2D eigenvalue weighted by molar-refractivity contribution is 7.99. The maximum absolute atomic E-state index is 11.3. The summed E-state index contributed by atoms with van der Waals surface area (Å²) in [4.78, 5) is 11.3. The maximum Gasteiger partial charge on any atom is 0.323 e. The van der Waals surface area contributed by atoms with Gasteiger partial charge in [0.25, 0.3) is 0 Å². The van der Waals surface area contributed by atoms with E-state index in [1.165, 1.54) is 25.7 Å². The largest absolute Gasteiger partial charge is 0.480 e. The second kappa shape index (κ2) is 7.27. The standard InChI is InChI=1S/C13H25NO2S/c1-3-13(14-2,12(15)16)9-6-10-17-11-7-4-5-8-11/h11,14H,3-10H2,1-2H3,(H,15,16). The summed E-state index contributed by atoms with van der Waals surface area (Å²) in [6, 6.07) is 0. The van der Waals surface area contributed by atoms with Crippen LogP contribution in [0.25, 0.3) is 0 Å². The first kappa shape index (κ1) is 14.8. The maximum atomic E-state index is 11.3. The molecule has 0 aromatic rings. The van der Waals surface area contributed by atoms with Crippen molar-refractivity contribution in [2.45, 2.75) is 62.7 Å². The molecule has 1 unspecified atom stereocenters. The van der Waals surface area contributed by atoms with E-state index in [1.54, 1.807) is 7.05 Å². The number of carbonyl (C=O) groups is 1. The van der Waals surface area contributed by atoms with Crippen LogP contribution in [0.3, 0.4) is 0 Å². The van der Waals surface area contributed by atoms with Crippen molar-refractivity contribution in [3.63, 3.8) is 0 Å². The molecule has 17 heavy (non-hydrogen) atoms. The van der Waals surface area contributed by atoms with Gasteiger partial charge in [0.2, 0.25) is 0 Å². The van der Waals surface area contributed by atoms with Crippen molar-refractivity contribution in [1.29, 1.82) is 0 Å². The molecule has 100 valence electrons. The third kappa shape index (κ3) is 4.18. The summed E-state index contributed by atoms with van der Waals surface area (Å²) in [5.74, 6) is 0.384. The van der Waals surface area contributed by atoms with Crippen molar-refractivity contribution in [3.05, 3.63) is 0 Å². The van der Waals surface area contributed by atoms with Crippen molar-refractivity contribution in [2.75, 3.05) is 12.8 Å². The van der Waals surface area contributed by atoms with Gasteiger partial charge in [-0.1, -0.05) is 19.8 Å². The topological polar surface area (TPSA) is 49.3 Å². The third-order valence-electron chi connectivity index (χ3n) is 3.90. The molecule has 0 heterocycles. The van der Waals surface area contributed by atoms with Gasteiger partial charge >= 0.3 is 5.97 Å². The van der Waals surface area contributed by atoms with E-state index in [0.29, 0.717) is 6.42 Å². The molecule has 1 fully saturated rings. The molecule has 2 N–H and O–H groups in total. The predicted molar refractivity (Wildman–Crippen MR) is 73.7 cm³/mol. The Hall–Kier alpha value is -0.220. The first-order valence-corrected chi connectivity index (χ1v) is 7.73. The molecule has 0 aromatic carbocycles. The molecule has 0 aromatic heterocycles. The minimum atomic E-state index is -0.714. The number of hydrogen-bond donors (Lipinski definition) is 2. The lowest BCUT2D eigenvalue weighted by molar-refractivity contribution is -0.145. The minimum absolute atomic E-state index is 0.646. The molecular weight excluding hydrogens is 234 g/mol. The summed E-state index contributed by atoms with van der Waals surface area (Å²) in [7, 11) is 1.75. The van der Waals surface area contributed by atoms with Crippen LogP contribution in [0.2, 0.25) is 0 Å². The van der Waals surface area contributed by atoms with Gasteiger partial charge in [-0.15, -0.1) is 0 Å². The lowest BCUT2D eigenvalue weighted by atomic mass is 9.91. The number of thioether (sulfide) groups is 1. The quantitative estimate of drug-likeness (QED) is 0.658. The van der Waals surface area contributed by atoms with Crippen LogP contribution in [0.1, 0.15) is 51.9 Å². The summed E-state index contributed by atoms with van der Waals surface area (Å²) in [5.41, 5.74) is -0.712. The molecule has 0 aliphatic heterocycles. The first-order chi connectivity index (χ1) is 8.14. The summed E-state index contributed by atoms with van der Waals surface area (Å²) < 4.78 is 0. The molecule has 1 atom stereocenters. The highest BCUT2D eigenvalue weighted by atomic mass is 32.2. The Kier molecular flexibility index (Phi) is 6.34. The summed E-state index contributed by atoms with van der Waals surface area (Å²) >= 11 is 2.04. The van der Waals surface area contributed by atoms with E-state index in [-0.39, 0.29) is 0 Å². The normalized spacial score (nSPS) is 20.4. The first-order valence-electron chi connectivity index (χ1n) is 6.68. The Balaban J connectivity index is 2.24. The van der Waals surface area contributed by atoms with Crippen molar-refractivity contribution >= 4 is 17.7 Å². The van der Waals surface area contributed by atoms with Crippen molar-refractivity contribution in [1.82, 2.24) is 5.32 Å². The highest BCUT2D eigenvalue weighted by Gasteiger charge is 2.34. The molecule has 3 nitrogen and oxygen atoms in total. The zero-order valence-electron chi connectivity index (χ0n) is 11.0. The lowest BCUT2D eigenvalue weighted by Crippen LogP contribution is -2.49. The van der Waals surface area contributed by atoms with E-state index in [4.69, 9.17) is 0 Å². The molecule has 4 heteroatoms. The molecule has 1 aliphatic rings. The number of aliphatic carboxylic acids is 1. The van der Waals surface area contributed by atoms with Gasteiger partial charge in [0.1, 0.15) is 5.54 Å². The Labute approximate surface area is 109 Å². The van der Waals surface area contributed by atoms with Crippen molar-refractivity contribution in [3.8, 4) is 0 Å². The van der Waals surface area contributed by atoms with E-state index >= 15 is 0 Å². The van der Waals surface area contributed by atoms with Crippen molar-refractivity contribution < 1.29 is 9.90 Å². The van der Waals surface area contributed by atoms with Crippen LogP contribution in [0, 0.1) is 0 Å². The van der Waals surface area contributed by atoms with Crippen LogP contribution in [-0.2, 0) is 4.79 Å². The van der Waals surface area contributed by atoms with Gasteiger partial charge in [-0.2, -0.15) is 11.8 Å². The van der Waals surface area contributed by atoms with E-state index in [2.05, 4.69) is 5.32 Å². The summed E-state index contributed by atoms with van der Waals surface area (Å²) in [6.07, 6.45) is 7.83. The van der Waals surface area contributed by atoms with Crippen LogP contribution in [-0.4, -0.2) is 34.7 Å². The van der Waals surface area contributed by atoms with Gasteiger partial charge < -0.3 is 10.4 Å². The van der Waals surface area contributed by atoms with Crippen LogP contribution in [0.4, 0.5) is 0 Å². The van der Waals surface area contributed by atoms with Gasteiger partial charge in [0.15, 0.2) is 0 Å². The number of rotatable bonds is 8. The van der Waals surface area contributed by atoms with E-state index in [1.807, 2.05) is 18.7 Å². The van der Waals surface area contributed by atoms with Crippen LogP contribution >= 0.6 is 11.8 Å². The number of nitrogens with one attached hydrogen (secondary N) is 1. The summed E-state index contributed by atoms with van der Waals surface area (Å²) in [5, 5.41) is 13.1. The molecule has 0 spiro atoms. The van der Waals surface area contributed by atoms with Gasteiger partial charge in [0.05, 0.1) is 0 Å². The average molecular weight is 259 g/mol. The number of carboxylic acids is 1. The van der Waals surface area contributed by atoms with Crippen LogP contribution in [0.5, 0.6) is 0 Å². The van der Waals surface area contributed by atoms with Gasteiger partial charge in [-0.05, 0) is 44.9 Å². The van der Waals surface area contributed by atoms with Crippen LogP contribution in [0.15, 0.2) is 0 Å². The molecule has 1 saturated carbocycles. The Morgan fingerprint density at radius 2 is 2.12 bits per heavy atom. The van der Waals surface area contributed by atoms with Crippen LogP contribution < -0.4 is 5.32 Å². The second-order valence-corrected chi connectivity index (χ2v) is 6.28. The summed E-state index contributed by atoms with van der Waals surface area (Å²) in [6.45, 7) is 1.94. The Bertz CT molecular complexity index is 236. The predicted octanol–water partition coefficient (Wildman–Crippen LogP) is 2.90. The highest BCUT2D eigenvalue weighted by Crippen LogP contribution is 2.30. The molecule has 0 bridgehead atoms. The average Bonchev–Trinajstić information content (AvgIpc) is 2.82. The smallest absolute Gasteiger partial charge is 0.323 e. The molecule has 1 aliphatic carbocycles. The zero-order chi connectivity index (χ0) is 12.7. The Morgan fingerprint density at radius 3 is 2.59 bits per heavy atom. The number of likely N-dealkylation sites (N-methyl/N-ethyl adjacent to an activating group) is 1. The van der Waals surface area contributed by atoms with Gasteiger partial charge in [0, 0.05) is 5.25 Å². The zero-order valence-corrected chi connectivity index (χ0v) is 11.8. The van der Waals surface area contributed by atoms with Crippen molar-refractivity contribution in [2.24, 2.45) is 0 Å². The van der Waals surface area contributed by atoms with Gasteiger partial charge in [-0.25, -0.2) is 0 Å². The molecule has 1 rings (SSSR count). The molecule has 0 radical (unpaired) electrons. The fraction of sp³-hybridized carbons (Fsp3) is 0.923. The van der Waals surface area contributed by atoms with E-state index in [9.17, 15) is 9.90 Å². The lowest BCUT2D eigenvalue weighted by Gasteiger charge is -2.27.